The van der Waals surface area contributed by atoms with Crippen molar-refractivity contribution < 1.29 is 14.3 Å². The molecule has 0 aliphatic carbocycles. The first kappa shape index (κ1) is 20.1. The van der Waals surface area contributed by atoms with Crippen LogP contribution in [0.15, 0.2) is 48.5 Å². The number of carbonyl (C=O) groups excluding carboxylic acids is 2. The Morgan fingerprint density at radius 3 is 2.61 bits per heavy atom. The summed E-state index contributed by atoms with van der Waals surface area (Å²) in [6.07, 6.45) is 0. The van der Waals surface area contributed by atoms with Crippen molar-refractivity contribution in [3.05, 3.63) is 75.4 Å². The first-order valence-electron chi connectivity index (χ1n) is 8.63. The molecule has 1 heterocycles. The molecule has 1 atom stereocenters. The maximum absolute atomic E-state index is 12.5. The van der Waals surface area contributed by atoms with Gasteiger partial charge in [0, 0.05) is 11.1 Å². The van der Waals surface area contributed by atoms with Gasteiger partial charge in [-0.15, -0.1) is 0 Å². The fraction of sp³-hybridized carbons (Fsp3) is 0.190. The Hall–Kier alpha value is -2.63. The lowest BCUT2D eigenvalue weighted by molar-refractivity contribution is -0.124. The van der Waals surface area contributed by atoms with Gasteiger partial charge in [-0.05, 0) is 43.7 Å². The van der Waals surface area contributed by atoms with E-state index in [4.69, 9.17) is 27.9 Å². The van der Waals surface area contributed by atoms with E-state index in [-0.39, 0.29) is 12.6 Å². The number of amides is 1. The van der Waals surface area contributed by atoms with Crippen LogP contribution in [0.25, 0.3) is 10.9 Å². The molecule has 0 saturated heterocycles. The summed E-state index contributed by atoms with van der Waals surface area (Å²) in [5.41, 5.74) is 2.58. The highest BCUT2D eigenvalue weighted by Gasteiger charge is 2.16. The molecule has 0 spiro atoms. The summed E-state index contributed by atoms with van der Waals surface area (Å²) in [4.78, 5) is 29.1. The van der Waals surface area contributed by atoms with Crippen LogP contribution >= 0.6 is 23.2 Å². The largest absolute Gasteiger partial charge is 0.452 e. The second-order valence-corrected chi connectivity index (χ2v) is 7.18. The van der Waals surface area contributed by atoms with Gasteiger partial charge in [-0.2, -0.15) is 0 Å². The number of carbonyl (C=O) groups is 2. The molecule has 5 nitrogen and oxygen atoms in total. The zero-order chi connectivity index (χ0) is 20.3. The monoisotopic (exact) mass is 416 g/mol. The van der Waals surface area contributed by atoms with Crippen LogP contribution in [0.1, 0.15) is 34.6 Å². The van der Waals surface area contributed by atoms with Crippen molar-refractivity contribution >= 4 is 46.0 Å². The van der Waals surface area contributed by atoms with Gasteiger partial charge in [0.1, 0.15) is 0 Å². The van der Waals surface area contributed by atoms with Gasteiger partial charge < -0.3 is 10.1 Å². The van der Waals surface area contributed by atoms with Gasteiger partial charge in [-0.3, -0.25) is 9.78 Å². The zero-order valence-electron chi connectivity index (χ0n) is 15.3. The van der Waals surface area contributed by atoms with Crippen molar-refractivity contribution in [2.24, 2.45) is 0 Å². The van der Waals surface area contributed by atoms with Crippen LogP contribution in [0, 0.1) is 6.92 Å². The predicted molar refractivity (Wildman–Crippen MR) is 110 cm³/mol. The number of aromatic nitrogens is 1. The lowest BCUT2D eigenvalue weighted by Crippen LogP contribution is -2.31. The minimum Gasteiger partial charge on any atom is -0.452 e. The molecule has 1 aromatic heterocycles. The Bertz CT molecular complexity index is 1050. The molecular weight excluding hydrogens is 399 g/mol. The lowest BCUT2D eigenvalue weighted by atomic mass is 10.1. The molecule has 1 amide bonds. The molecule has 0 radical (unpaired) electrons. The number of esters is 1. The molecule has 0 unspecified atom stereocenters. The van der Waals surface area contributed by atoms with E-state index in [1.54, 1.807) is 44.2 Å². The summed E-state index contributed by atoms with van der Waals surface area (Å²) < 4.78 is 5.21. The van der Waals surface area contributed by atoms with Gasteiger partial charge in [-0.1, -0.05) is 47.5 Å². The molecule has 0 bridgehead atoms. The van der Waals surface area contributed by atoms with Crippen LogP contribution in [0.3, 0.4) is 0 Å². The highest BCUT2D eigenvalue weighted by molar-refractivity contribution is 6.42. The van der Waals surface area contributed by atoms with Gasteiger partial charge >= 0.3 is 5.97 Å². The van der Waals surface area contributed by atoms with E-state index in [0.717, 1.165) is 5.56 Å². The molecule has 0 aliphatic heterocycles. The van der Waals surface area contributed by atoms with Crippen molar-refractivity contribution in [3.63, 3.8) is 0 Å². The highest BCUT2D eigenvalue weighted by Crippen LogP contribution is 2.25. The zero-order valence-corrected chi connectivity index (χ0v) is 16.8. The van der Waals surface area contributed by atoms with Gasteiger partial charge in [0.25, 0.3) is 5.91 Å². The van der Waals surface area contributed by atoms with Crippen LogP contribution in [0.5, 0.6) is 0 Å². The normalized spacial score (nSPS) is 11.9. The van der Waals surface area contributed by atoms with Crippen LogP contribution in [0.4, 0.5) is 0 Å². The molecule has 0 fully saturated rings. The lowest BCUT2D eigenvalue weighted by Gasteiger charge is -2.15. The summed E-state index contributed by atoms with van der Waals surface area (Å²) in [6, 6.07) is 13.8. The van der Waals surface area contributed by atoms with Gasteiger partial charge in [0.05, 0.1) is 27.2 Å². The summed E-state index contributed by atoms with van der Waals surface area (Å²) in [5.74, 6) is -0.985. The number of rotatable bonds is 5. The Kier molecular flexibility index (Phi) is 6.17. The number of ether oxygens (including phenoxy) is 1. The highest BCUT2D eigenvalue weighted by atomic mass is 35.5. The van der Waals surface area contributed by atoms with E-state index in [9.17, 15) is 9.59 Å². The van der Waals surface area contributed by atoms with Crippen LogP contribution in [-0.4, -0.2) is 23.5 Å². The number of halogens is 2. The maximum atomic E-state index is 12.5. The third-order valence-electron chi connectivity index (χ3n) is 4.22. The number of para-hydroxylation sites is 1. The Labute approximate surface area is 172 Å². The third-order valence-corrected chi connectivity index (χ3v) is 4.96. The van der Waals surface area contributed by atoms with Crippen molar-refractivity contribution in [2.75, 3.05) is 6.61 Å². The van der Waals surface area contributed by atoms with Gasteiger partial charge in [-0.25, -0.2) is 4.79 Å². The van der Waals surface area contributed by atoms with Crippen molar-refractivity contribution in [2.45, 2.75) is 19.9 Å². The maximum Gasteiger partial charge on any atom is 0.339 e. The second kappa shape index (κ2) is 8.59. The smallest absolute Gasteiger partial charge is 0.339 e. The molecule has 144 valence electrons. The minimum absolute atomic E-state index is 0.315. The second-order valence-electron chi connectivity index (χ2n) is 6.37. The van der Waals surface area contributed by atoms with E-state index in [2.05, 4.69) is 10.3 Å². The van der Waals surface area contributed by atoms with E-state index in [1.807, 2.05) is 18.2 Å². The average Bonchev–Trinajstić information content (AvgIpc) is 2.67. The number of hydrogen-bond acceptors (Lipinski definition) is 4. The Morgan fingerprint density at radius 1 is 1.11 bits per heavy atom. The minimum atomic E-state index is -0.570. The molecule has 2 aromatic carbocycles. The topological polar surface area (TPSA) is 68.3 Å². The Balaban J connectivity index is 1.64. The van der Waals surface area contributed by atoms with Crippen molar-refractivity contribution in [1.82, 2.24) is 10.3 Å². The van der Waals surface area contributed by atoms with E-state index < -0.39 is 11.9 Å². The van der Waals surface area contributed by atoms with E-state index >= 15 is 0 Å². The Morgan fingerprint density at radius 2 is 1.86 bits per heavy atom. The first-order chi connectivity index (χ1) is 13.3. The molecule has 1 N–H and O–H groups in total. The quantitative estimate of drug-likeness (QED) is 0.601. The molecule has 28 heavy (non-hydrogen) atoms. The summed E-state index contributed by atoms with van der Waals surface area (Å²) in [5, 5.41) is 4.30. The fourth-order valence-electron chi connectivity index (χ4n) is 2.83. The standard InChI is InChI=1S/C21H18Cl2N2O3/c1-12-9-16(15-5-3-4-6-19(15)24-12)21(27)28-11-20(26)25-13(2)14-7-8-17(22)18(23)10-14/h3-10,13H,11H2,1-2H3,(H,25,26)/t13-/m0/s1. The number of aryl methyl sites for hydroxylation is 1. The SMILES string of the molecule is Cc1cc(C(=O)OCC(=O)N[C@@H](C)c2ccc(Cl)c(Cl)c2)c2ccccc2n1. The van der Waals surface area contributed by atoms with E-state index in [1.165, 1.54) is 0 Å². The number of fused-ring (bicyclic) bond motifs is 1. The van der Waals surface area contributed by atoms with Crippen molar-refractivity contribution in [3.8, 4) is 0 Å². The molecule has 3 aromatic rings. The van der Waals surface area contributed by atoms with Gasteiger partial charge in [0.15, 0.2) is 6.61 Å². The molecule has 0 saturated carbocycles. The predicted octanol–water partition coefficient (Wildman–Crippen LogP) is 4.88. The fourth-order valence-corrected chi connectivity index (χ4v) is 3.14. The molecule has 7 heteroatoms. The van der Waals surface area contributed by atoms with E-state index in [0.29, 0.717) is 32.2 Å². The molecular formula is C21H18Cl2N2O3. The number of benzene rings is 2. The molecule has 3 rings (SSSR count). The third kappa shape index (κ3) is 4.61. The van der Waals surface area contributed by atoms with Crippen LogP contribution in [-0.2, 0) is 9.53 Å². The summed E-state index contributed by atoms with van der Waals surface area (Å²) in [6.45, 7) is 3.22. The summed E-state index contributed by atoms with van der Waals surface area (Å²) in [7, 11) is 0. The van der Waals surface area contributed by atoms with Gasteiger partial charge in [0.2, 0.25) is 0 Å². The first-order valence-corrected chi connectivity index (χ1v) is 9.38. The average molecular weight is 417 g/mol. The van der Waals surface area contributed by atoms with Crippen LogP contribution in [0.2, 0.25) is 10.0 Å². The number of nitrogens with zero attached hydrogens (tertiary/aromatic N) is 1. The number of hydrogen-bond donors (Lipinski definition) is 1. The van der Waals surface area contributed by atoms with Crippen LogP contribution < -0.4 is 5.32 Å². The summed E-state index contributed by atoms with van der Waals surface area (Å²) >= 11 is 11.9. The number of nitrogens with one attached hydrogen (secondary N) is 1. The molecule has 0 aliphatic rings. The van der Waals surface area contributed by atoms with Crippen molar-refractivity contribution in [1.29, 1.82) is 0 Å². The number of pyridine rings is 1.